The Kier molecular flexibility index (Phi) is 3.99. The third kappa shape index (κ3) is 3.19. The van der Waals surface area contributed by atoms with Gasteiger partial charge in [0.2, 0.25) is 5.91 Å². The fourth-order valence-corrected chi connectivity index (χ4v) is 2.29. The van der Waals surface area contributed by atoms with Crippen LogP contribution in [0.1, 0.15) is 32.1 Å². The number of aliphatic carboxylic acids is 1. The van der Waals surface area contributed by atoms with Crippen LogP contribution in [0, 0.1) is 5.92 Å². The Morgan fingerprint density at radius 3 is 2.71 bits per heavy atom. The maximum atomic E-state index is 11.9. The second-order valence-electron chi connectivity index (χ2n) is 4.87. The highest BCUT2D eigenvalue weighted by Crippen LogP contribution is 2.30. The van der Waals surface area contributed by atoms with E-state index in [-0.39, 0.29) is 12.5 Å². The normalized spacial score (nSPS) is 25.4. The molecule has 1 aliphatic carbocycles. The molecule has 2 fully saturated rings. The zero-order chi connectivity index (χ0) is 12.3. The van der Waals surface area contributed by atoms with Crippen LogP contribution in [0.25, 0.3) is 0 Å². The molecule has 0 aromatic heterocycles. The van der Waals surface area contributed by atoms with Crippen LogP contribution < -0.4 is 0 Å². The number of ether oxygens (including phenoxy) is 1. The molecule has 2 aliphatic rings. The topological polar surface area (TPSA) is 66.8 Å². The van der Waals surface area contributed by atoms with Gasteiger partial charge >= 0.3 is 5.97 Å². The molecule has 1 heterocycles. The third-order valence-corrected chi connectivity index (χ3v) is 3.69. The molecule has 0 aromatic rings. The smallest absolute Gasteiger partial charge is 0.334 e. The lowest BCUT2D eigenvalue weighted by Crippen LogP contribution is -2.48. The molecule has 17 heavy (non-hydrogen) atoms. The summed E-state index contributed by atoms with van der Waals surface area (Å²) in [6.07, 6.45) is 4.43. The highest BCUT2D eigenvalue weighted by Gasteiger charge is 2.29. The van der Waals surface area contributed by atoms with E-state index in [1.807, 2.05) is 0 Å². The van der Waals surface area contributed by atoms with Gasteiger partial charge in [0.05, 0.1) is 13.2 Å². The molecule has 1 saturated carbocycles. The molecule has 1 N–H and O–H groups in total. The minimum absolute atomic E-state index is 0.0754. The molecule has 5 heteroatoms. The van der Waals surface area contributed by atoms with Crippen molar-refractivity contribution in [2.75, 3.05) is 19.7 Å². The summed E-state index contributed by atoms with van der Waals surface area (Å²) in [4.78, 5) is 24.3. The molecular weight excluding hydrogens is 222 g/mol. The first-order valence-corrected chi connectivity index (χ1v) is 6.29. The van der Waals surface area contributed by atoms with E-state index in [9.17, 15) is 9.59 Å². The maximum Gasteiger partial charge on any atom is 0.334 e. The van der Waals surface area contributed by atoms with Crippen molar-refractivity contribution in [2.45, 2.75) is 38.2 Å². The van der Waals surface area contributed by atoms with Crippen molar-refractivity contribution in [3.8, 4) is 0 Å². The molecule has 0 bridgehead atoms. The first-order valence-electron chi connectivity index (χ1n) is 6.29. The summed E-state index contributed by atoms with van der Waals surface area (Å²) in [6, 6.07) is 0. The van der Waals surface area contributed by atoms with Crippen LogP contribution in [-0.4, -0.2) is 47.7 Å². The Hall–Kier alpha value is -1.10. The SMILES string of the molecule is O=C(O)[C@@H]1CN(C(=O)CCC2CCC2)CCO1. The van der Waals surface area contributed by atoms with Crippen molar-refractivity contribution < 1.29 is 19.4 Å². The molecule has 0 radical (unpaired) electrons. The summed E-state index contributed by atoms with van der Waals surface area (Å²) in [6.45, 7) is 1.04. The van der Waals surface area contributed by atoms with Crippen LogP contribution >= 0.6 is 0 Å². The lowest BCUT2D eigenvalue weighted by Gasteiger charge is -2.32. The van der Waals surface area contributed by atoms with Crippen LogP contribution in [0.5, 0.6) is 0 Å². The summed E-state index contributed by atoms with van der Waals surface area (Å²) in [5.41, 5.74) is 0. The molecule has 0 unspecified atom stereocenters. The molecule has 1 aliphatic heterocycles. The Labute approximate surface area is 101 Å². The number of hydrogen-bond acceptors (Lipinski definition) is 3. The predicted molar refractivity (Wildman–Crippen MR) is 60.5 cm³/mol. The molecule has 5 nitrogen and oxygen atoms in total. The van der Waals surface area contributed by atoms with Crippen molar-refractivity contribution in [2.24, 2.45) is 5.92 Å². The van der Waals surface area contributed by atoms with Gasteiger partial charge in [-0.2, -0.15) is 0 Å². The van der Waals surface area contributed by atoms with Gasteiger partial charge in [-0.25, -0.2) is 4.79 Å². The van der Waals surface area contributed by atoms with Crippen LogP contribution in [-0.2, 0) is 14.3 Å². The minimum atomic E-state index is -0.985. The summed E-state index contributed by atoms with van der Waals surface area (Å²) in [5, 5.41) is 8.84. The number of nitrogens with zero attached hydrogens (tertiary/aromatic N) is 1. The lowest BCUT2D eigenvalue weighted by molar-refractivity contribution is -0.159. The first kappa shape index (κ1) is 12.4. The van der Waals surface area contributed by atoms with Gasteiger partial charge in [-0.3, -0.25) is 4.79 Å². The van der Waals surface area contributed by atoms with E-state index in [1.54, 1.807) is 4.90 Å². The van der Waals surface area contributed by atoms with E-state index < -0.39 is 12.1 Å². The number of carboxylic acid groups (broad SMARTS) is 1. The van der Waals surface area contributed by atoms with E-state index in [4.69, 9.17) is 9.84 Å². The average molecular weight is 241 g/mol. The number of carboxylic acids is 1. The van der Waals surface area contributed by atoms with E-state index in [1.165, 1.54) is 19.3 Å². The van der Waals surface area contributed by atoms with Crippen molar-refractivity contribution in [3.63, 3.8) is 0 Å². The fraction of sp³-hybridized carbons (Fsp3) is 0.833. The van der Waals surface area contributed by atoms with Gasteiger partial charge in [0.15, 0.2) is 6.10 Å². The Balaban J connectivity index is 1.75. The summed E-state index contributed by atoms with van der Waals surface area (Å²) in [5.74, 6) is -0.191. The quantitative estimate of drug-likeness (QED) is 0.793. The molecular formula is C12H19NO4. The summed E-state index contributed by atoms with van der Waals surface area (Å²) < 4.78 is 5.08. The molecule has 0 spiro atoms. The van der Waals surface area contributed by atoms with Gasteiger partial charge in [-0.15, -0.1) is 0 Å². The predicted octanol–water partition coefficient (Wildman–Crippen LogP) is 0.879. The van der Waals surface area contributed by atoms with Crippen molar-refractivity contribution in [1.29, 1.82) is 0 Å². The Bertz CT molecular complexity index is 301. The summed E-state index contributed by atoms with van der Waals surface area (Å²) in [7, 11) is 0. The monoisotopic (exact) mass is 241 g/mol. The fourth-order valence-electron chi connectivity index (χ4n) is 2.29. The first-order chi connectivity index (χ1) is 8.16. The highest BCUT2D eigenvalue weighted by atomic mass is 16.5. The van der Waals surface area contributed by atoms with Gasteiger partial charge in [0.1, 0.15) is 0 Å². The van der Waals surface area contributed by atoms with Crippen LogP contribution in [0.15, 0.2) is 0 Å². The third-order valence-electron chi connectivity index (χ3n) is 3.69. The maximum absolute atomic E-state index is 11.9. The molecule has 1 amide bonds. The van der Waals surface area contributed by atoms with Gasteiger partial charge in [-0.1, -0.05) is 19.3 Å². The van der Waals surface area contributed by atoms with Gasteiger partial charge in [0.25, 0.3) is 0 Å². The van der Waals surface area contributed by atoms with Crippen molar-refractivity contribution in [1.82, 2.24) is 4.90 Å². The number of carbonyl (C=O) groups excluding carboxylic acids is 1. The molecule has 1 saturated heterocycles. The molecule has 0 aromatic carbocycles. The minimum Gasteiger partial charge on any atom is -0.479 e. The standard InChI is InChI=1S/C12H19NO4/c14-11(5-4-9-2-1-3-9)13-6-7-17-10(8-13)12(15)16/h9-10H,1-8H2,(H,15,16)/t10-/m0/s1. The van der Waals surface area contributed by atoms with Crippen LogP contribution in [0.4, 0.5) is 0 Å². The van der Waals surface area contributed by atoms with Crippen molar-refractivity contribution >= 4 is 11.9 Å². The zero-order valence-corrected chi connectivity index (χ0v) is 9.93. The van der Waals surface area contributed by atoms with Gasteiger partial charge < -0.3 is 14.7 Å². The Morgan fingerprint density at radius 1 is 1.35 bits per heavy atom. The largest absolute Gasteiger partial charge is 0.479 e. The zero-order valence-electron chi connectivity index (χ0n) is 9.93. The van der Waals surface area contributed by atoms with Gasteiger partial charge in [-0.05, 0) is 12.3 Å². The number of rotatable bonds is 4. The number of hydrogen-bond donors (Lipinski definition) is 1. The molecule has 96 valence electrons. The number of morpholine rings is 1. The molecule has 2 rings (SSSR count). The molecule has 1 atom stereocenters. The van der Waals surface area contributed by atoms with Crippen LogP contribution in [0.2, 0.25) is 0 Å². The highest BCUT2D eigenvalue weighted by molar-refractivity contribution is 5.78. The lowest BCUT2D eigenvalue weighted by atomic mass is 9.82. The Morgan fingerprint density at radius 2 is 2.12 bits per heavy atom. The van der Waals surface area contributed by atoms with Gasteiger partial charge in [0, 0.05) is 13.0 Å². The second-order valence-corrected chi connectivity index (χ2v) is 4.87. The van der Waals surface area contributed by atoms with Crippen LogP contribution in [0.3, 0.4) is 0 Å². The summed E-state index contributed by atoms with van der Waals surface area (Å²) >= 11 is 0. The van der Waals surface area contributed by atoms with Crippen molar-refractivity contribution in [3.05, 3.63) is 0 Å². The average Bonchev–Trinajstić information content (AvgIpc) is 2.27. The second kappa shape index (κ2) is 5.49. The number of carbonyl (C=O) groups is 2. The van der Waals surface area contributed by atoms with E-state index in [0.29, 0.717) is 19.6 Å². The van der Waals surface area contributed by atoms with E-state index in [0.717, 1.165) is 12.3 Å². The van der Waals surface area contributed by atoms with E-state index >= 15 is 0 Å². The van der Waals surface area contributed by atoms with E-state index in [2.05, 4.69) is 0 Å². The number of amides is 1.